The molecule has 0 radical (unpaired) electrons. The minimum Gasteiger partial charge on any atom is -0.368 e. The highest BCUT2D eigenvalue weighted by Crippen LogP contribution is 2.06. The third-order valence-electron chi connectivity index (χ3n) is 0.996. The van der Waals surface area contributed by atoms with E-state index < -0.39 is 0 Å². The zero-order chi connectivity index (χ0) is 7.40. The Kier molecular flexibility index (Phi) is 2.56. The molecular formula is C5H9N3OS. The van der Waals surface area contributed by atoms with Gasteiger partial charge in [0.2, 0.25) is 5.91 Å². The van der Waals surface area contributed by atoms with Crippen LogP contribution in [0.1, 0.15) is 0 Å². The van der Waals surface area contributed by atoms with Gasteiger partial charge in [-0.2, -0.15) is 0 Å². The van der Waals surface area contributed by atoms with Crippen LogP contribution in [-0.4, -0.2) is 29.9 Å². The third-order valence-corrected chi connectivity index (χ3v) is 1.95. The smallest absolute Gasteiger partial charge is 0.239 e. The van der Waals surface area contributed by atoms with Gasteiger partial charge in [0, 0.05) is 12.3 Å². The molecule has 0 aromatic rings. The lowest BCUT2D eigenvalue weighted by molar-refractivity contribution is -0.116. The summed E-state index contributed by atoms with van der Waals surface area (Å²) in [7, 11) is 0. The number of amides is 1. The monoisotopic (exact) mass is 159 g/mol. The lowest BCUT2D eigenvalue weighted by Crippen LogP contribution is -2.18. The molecule has 1 heterocycles. The second kappa shape index (κ2) is 3.46. The van der Waals surface area contributed by atoms with Crippen molar-refractivity contribution < 1.29 is 4.79 Å². The fraction of sp³-hybridized carbons (Fsp3) is 0.600. The highest BCUT2D eigenvalue weighted by molar-refractivity contribution is 8.14. The normalized spacial score (nSPS) is 21.0. The van der Waals surface area contributed by atoms with Crippen LogP contribution < -0.4 is 11.1 Å². The highest BCUT2D eigenvalue weighted by Gasteiger charge is 2.06. The Morgan fingerprint density at radius 1 is 1.90 bits per heavy atom. The summed E-state index contributed by atoms with van der Waals surface area (Å²) in [6.07, 6.45) is 0. The lowest BCUT2D eigenvalue weighted by Gasteiger charge is -1.93. The maximum atomic E-state index is 10.2. The zero-order valence-electron chi connectivity index (χ0n) is 5.46. The van der Waals surface area contributed by atoms with Crippen molar-refractivity contribution in [2.24, 2.45) is 10.7 Å². The van der Waals surface area contributed by atoms with Crippen LogP contribution in [0.3, 0.4) is 0 Å². The number of hydrogen-bond acceptors (Lipinski definition) is 3. The standard InChI is InChI=1S/C5H9N3OS/c6-4(9)3-8-5-7-1-2-10-5/h1-3H2,(H2,6,9)(H,7,8). The number of primary amides is 1. The molecule has 1 amide bonds. The van der Waals surface area contributed by atoms with Gasteiger partial charge in [-0.05, 0) is 0 Å². The largest absolute Gasteiger partial charge is 0.368 e. The summed E-state index contributed by atoms with van der Waals surface area (Å²) in [5, 5.41) is 3.85. The second-order valence-corrected chi connectivity index (χ2v) is 2.95. The molecule has 0 bridgehead atoms. The summed E-state index contributed by atoms with van der Waals surface area (Å²) in [6.45, 7) is 1.03. The molecule has 0 saturated carbocycles. The van der Waals surface area contributed by atoms with Gasteiger partial charge < -0.3 is 11.1 Å². The summed E-state index contributed by atoms with van der Waals surface area (Å²) in [6, 6.07) is 0. The van der Waals surface area contributed by atoms with E-state index in [9.17, 15) is 4.79 Å². The topological polar surface area (TPSA) is 67.5 Å². The minimum absolute atomic E-state index is 0.0926. The van der Waals surface area contributed by atoms with Crippen LogP contribution in [0.4, 0.5) is 0 Å². The third kappa shape index (κ3) is 2.26. The van der Waals surface area contributed by atoms with Crippen LogP contribution in [0, 0.1) is 0 Å². The molecular weight excluding hydrogens is 150 g/mol. The van der Waals surface area contributed by atoms with E-state index in [1.54, 1.807) is 11.8 Å². The van der Waals surface area contributed by atoms with E-state index in [0.717, 1.165) is 17.5 Å². The van der Waals surface area contributed by atoms with Crippen LogP contribution in [0.5, 0.6) is 0 Å². The summed E-state index contributed by atoms with van der Waals surface area (Å²) in [5.74, 6) is 0.638. The first-order valence-electron chi connectivity index (χ1n) is 2.98. The highest BCUT2D eigenvalue weighted by atomic mass is 32.2. The summed E-state index contributed by atoms with van der Waals surface area (Å²) >= 11 is 1.62. The van der Waals surface area contributed by atoms with E-state index in [-0.39, 0.29) is 12.5 Å². The molecule has 5 heteroatoms. The number of carbonyl (C=O) groups is 1. The van der Waals surface area contributed by atoms with Crippen LogP contribution >= 0.6 is 11.8 Å². The average molecular weight is 159 g/mol. The van der Waals surface area contributed by atoms with Gasteiger partial charge in [-0.15, -0.1) is 0 Å². The second-order valence-electron chi connectivity index (χ2n) is 1.86. The zero-order valence-corrected chi connectivity index (χ0v) is 6.28. The fourth-order valence-electron chi connectivity index (χ4n) is 0.608. The number of rotatable bonds is 2. The van der Waals surface area contributed by atoms with Gasteiger partial charge in [0.1, 0.15) is 6.54 Å². The molecule has 1 saturated heterocycles. The first-order valence-corrected chi connectivity index (χ1v) is 3.97. The molecule has 3 N–H and O–H groups in total. The van der Waals surface area contributed by atoms with Gasteiger partial charge in [0.15, 0.2) is 5.17 Å². The van der Waals surface area contributed by atoms with Crippen molar-refractivity contribution >= 4 is 22.8 Å². The Balaban J connectivity index is 2.31. The van der Waals surface area contributed by atoms with Crippen molar-refractivity contribution in [2.75, 3.05) is 18.8 Å². The number of nitrogens with one attached hydrogen (secondary N) is 1. The van der Waals surface area contributed by atoms with Crippen LogP contribution in [0.15, 0.2) is 4.99 Å². The van der Waals surface area contributed by atoms with Crippen molar-refractivity contribution in [3.63, 3.8) is 0 Å². The molecule has 1 fully saturated rings. The molecule has 0 aromatic carbocycles. The lowest BCUT2D eigenvalue weighted by atomic mass is 10.6. The summed E-state index contributed by atoms with van der Waals surface area (Å²) in [4.78, 5) is 14.2. The number of amidine groups is 1. The number of aliphatic imine (C=N–C) groups is 1. The fourth-order valence-corrected chi connectivity index (χ4v) is 1.37. The Bertz CT molecular complexity index is 160. The molecule has 0 atom stereocenters. The minimum atomic E-state index is -0.387. The van der Waals surface area contributed by atoms with Gasteiger partial charge in [0.05, 0.1) is 0 Å². The predicted octanol–water partition coefficient (Wildman–Crippen LogP) is -0.836. The molecule has 0 spiro atoms. The van der Waals surface area contributed by atoms with E-state index in [4.69, 9.17) is 5.73 Å². The van der Waals surface area contributed by atoms with Crippen molar-refractivity contribution in [2.45, 2.75) is 0 Å². The average Bonchev–Trinajstić information content (AvgIpc) is 2.34. The van der Waals surface area contributed by atoms with E-state index in [1.807, 2.05) is 0 Å². The SMILES string of the molecule is NC(=O)CN=C1NCCS1. The number of carbonyl (C=O) groups excluding carboxylic acids is 1. The van der Waals surface area contributed by atoms with E-state index in [1.165, 1.54) is 0 Å². The number of nitrogens with zero attached hydrogens (tertiary/aromatic N) is 1. The number of hydrogen-bond donors (Lipinski definition) is 2. The molecule has 1 aliphatic rings. The molecule has 4 nitrogen and oxygen atoms in total. The van der Waals surface area contributed by atoms with Crippen LogP contribution in [0.25, 0.3) is 0 Å². The van der Waals surface area contributed by atoms with Gasteiger partial charge >= 0.3 is 0 Å². The van der Waals surface area contributed by atoms with Crippen molar-refractivity contribution in [3.05, 3.63) is 0 Å². The number of thioether (sulfide) groups is 1. The van der Waals surface area contributed by atoms with Gasteiger partial charge in [0.25, 0.3) is 0 Å². The van der Waals surface area contributed by atoms with Crippen molar-refractivity contribution in [3.8, 4) is 0 Å². The Hall–Kier alpha value is -0.710. The maximum absolute atomic E-state index is 10.2. The Morgan fingerprint density at radius 3 is 3.20 bits per heavy atom. The van der Waals surface area contributed by atoms with E-state index in [2.05, 4.69) is 10.3 Å². The summed E-state index contributed by atoms with van der Waals surface area (Å²) in [5.41, 5.74) is 4.89. The predicted molar refractivity (Wildman–Crippen MR) is 42.0 cm³/mol. The molecule has 10 heavy (non-hydrogen) atoms. The first kappa shape index (κ1) is 7.40. The van der Waals surface area contributed by atoms with E-state index in [0.29, 0.717) is 0 Å². The van der Waals surface area contributed by atoms with Crippen molar-refractivity contribution in [1.29, 1.82) is 0 Å². The van der Waals surface area contributed by atoms with Gasteiger partial charge in [-0.1, -0.05) is 11.8 Å². The Labute approximate surface area is 63.3 Å². The molecule has 0 aliphatic carbocycles. The van der Waals surface area contributed by atoms with Gasteiger partial charge in [-0.25, -0.2) is 0 Å². The molecule has 0 aromatic heterocycles. The quantitative estimate of drug-likeness (QED) is 0.552. The van der Waals surface area contributed by atoms with Gasteiger partial charge in [-0.3, -0.25) is 9.79 Å². The summed E-state index contributed by atoms with van der Waals surface area (Å²) < 4.78 is 0. The molecule has 1 rings (SSSR count). The molecule has 1 aliphatic heterocycles. The van der Waals surface area contributed by atoms with Crippen LogP contribution in [0.2, 0.25) is 0 Å². The molecule has 0 unspecified atom stereocenters. The van der Waals surface area contributed by atoms with Crippen LogP contribution in [-0.2, 0) is 4.79 Å². The first-order chi connectivity index (χ1) is 4.79. The number of nitrogens with two attached hydrogens (primary N) is 1. The molecule has 56 valence electrons. The maximum Gasteiger partial charge on any atom is 0.239 e. The Morgan fingerprint density at radius 2 is 2.70 bits per heavy atom. The van der Waals surface area contributed by atoms with Crippen molar-refractivity contribution in [1.82, 2.24) is 5.32 Å². The van der Waals surface area contributed by atoms with E-state index >= 15 is 0 Å².